The Labute approximate surface area is 207 Å². The lowest BCUT2D eigenvalue weighted by Crippen LogP contribution is -2.30. The predicted octanol–water partition coefficient (Wildman–Crippen LogP) is 3.14. The first-order valence-corrected chi connectivity index (χ1v) is 12.9. The van der Waals surface area contributed by atoms with Gasteiger partial charge in [0.2, 0.25) is 0 Å². The third-order valence-corrected chi connectivity index (χ3v) is 7.38. The number of rotatable bonds is 15. The summed E-state index contributed by atoms with van der Waals surface area (Å²) in [5.41, 5.74) is 2.20. The van der Waals surface area contributed by atoms with Crippen LogP contribution in [0, 0.1) is 17.8 Å². The Kier molecular flexibility index (Phi) is 10.8. The summed E-state index contributed by atoms with van der Waals surface area (Å²) in [7, 11) is 0. The molecule has 3 N–H and O–H groups in total. The van der Waals surface area contributed by atoms with E-state index in [1.165, 1.54) is 0 Å². The highest BCUT2D eigenvalue weighted by molar-refractivity contribution is 5.71. The molecule has 0 heterocycles. The van der Waals surface area contributed by atoms with Gasteiger partial charge in [-0.3, -0.25) is 0 Å². The first-order valence-electron chi connectivity index (χ1n) is 12.9. The molecule has 0 spiro atoms. The van der Waals surface area contributed by atoms with Crippen LogP contribution in [0.1, 0.15) is 63.0 Å². The zero-order valence-corrected chi connectivity index (χ0v) is 20.7. The van der Waals surface area contributed by atoms with Crippen molar-refractivity contribution < 1.29 is 39.1 Å². The van der Waals surface area contributed by atoms with Crippen LogP contribution in [0.5, 0.6) is 5.75 Å². The van der Waals surface area contributed by atoms with Crippen molar-refractivity contribution in [1.82, 2.24) is 0 Å². The summed E-state index contributed by atoms with van der Waals surface area (Å²) in [6, 6.07) is 5.78. The molecule has 0 bridgehead atoms. The van der Waals surface area contributed by atoms with E-state index in [9.17, 15) is 14.7 Å². The first kappa shape index (κ1) is 27.4. The number of benzene rings is 1. The normalized spacial score (nSPS) is 23.9. The Bertz CT molecular complexity index is 825. The summed E-state index contributed by atoms with van der Waals surface area (Å²) >= 11 is 0. The van der Waals surface area contributed by atoms with Crippen molar-refractivity contribution in [2.75, 3.05) is 26.4 Å². The zero-order chi connectivity index (χ0) is 25.2. The molecule has 3 rings (SSSR count). The van der Waals surface area contributed by atoms with Gasteiger partial charge in [0.25, 0.3) is 0 Å². The standard InChI is InChI=1S/C27H40O8/c1-2-3-4-7-20(29)9-10-21-22-13-18-6-5-8-24(34-16-26(30)31)23(18)14-19(22)15-25(21)35-27(32)17-33-12-11-28/h5-6,8,19-22,25,28-29H,2-4,7,9-17H2,1H3,(H,30,31)/t19-,20-,21+,22-,25+/m0/s1. The molecule has 1 saturated carbocycles. The van der Waals surface area contributed by atoms with E-state index < -0.39 is 11.9 Å². The van der Waals surface area contributed by atoms with Crippen molar-refractivity contribution in [2.45, 2.75) is 76.9 Å². The number of carbonyl (C=O) groups is 2. The summed E-state index contributed by atoms with van der Waals surface area (Å²) in [5, 5.41) is 28.4. The Morgan fingerprint density at radius 1 is 1.14 bits per heavy atom. The molecule has 8 nitrogen and oxygen atoms in total. The Balaban J connectivity index is 1.71. The Hall–Kier alpha value is -2.16. The summed E-state index contributed by atoms with van der Waals surface area (Å²) in [4.78, 5) is 23.4. The molecule has 0 saturated heterocycles. The lowest BCUT2D eigenvalue weighted by Gasteiger charge is -2.32. The molecule has 2 aliphatic rings. The highest BCUT2D eigenvalue weighted by Crippen LogP contribution is 2.49. The SMILES string of the molecule is CCCCC[C@H](O)CC[C@@H]1[C@H]2Cc3cccc(OCC(=O)O)c3C[C@H]2C[C@H]1OC(=O)COCCO. The molecule has 0 aromatic heterocycles. The number of aliphatic hydroxyl groups excluding tert-OH is 2. The Morgan fingerprint density at radius 3 is 2.71 bits per heavy atom. The number of ether oxygens (including phenoxy) is 3. The van der Waals surface area contributed by atoms with E-state index in [4.69, 9.17) is 24.4 Å². The lowest BCUT2D eigenvalue weighted by atomic mass is 9.73. The molecule has 0 unspecified atom stereocenters. The van der Waals surface area contributed by atoms with Crippen molar-refractivity contribution in [2.24, 2.45) is 17.8 Å². The van der Waals surface area contributed by atoms with E-state index in [1.807, 2.05) is 12.1 Å². The molecule has 0 amide bonds. The van der Waals surface area contributed by atoms with Gasteiger partial charge in [0.15, 0.2) is 6.61 Å². The minimum atomic E-state index is -1.01. The van der Waals surface area contributed by atoms with Gasteiger partial charge >= 0.3 is 11.9 Å². The van der Waals surface area contributed by atoms with E-state index in [0.717, 1.165) is 62.5 Å². The van der Waals surface area contributed by atoms with E-state index >= 15 is 0 Å². The molecular formula is C27H40O8. The van der Waals surface area contributed by atoms with Crippen LogP contribution in [0.3, 0.4) is 0 Å². The molecule has 0 aliphatic heterocycles. The summed E-state index contributed by atoms with van der Waals surface area (Å²) in [6.07, 6.45) is 7.19. The predicted molar refractivity (Wildman–Crippen MR) is 129 cm³/mol. The number of carboxylic acid groups (broad SMARTS) is 1. The van der Waals surface area contributed by atoms with Crippen LogP contribution in [-0.4, -0.2) is 65.9 Å². The quantitative estimate of drug-likeness (QED) is 0.252. The highest BCUT2D eigenvalue weighted by atomic mass is 16.6. The summed E-state index contributed by atoms with van der Waals surface area (Å²) in [5.74, 6) is -0.0844. The van der Waals surface area contributed by atoms with Crippen LogP contribution >= 0.6 is 0 Å². The Morgan fingerprint density at radius 2 is 1.97 bits per heavy atom. The number of hydrogen-bond acceptors (Lipinski definition) is 7. The molecule has 5 atom stereocenters. The molecule has 196 valence electrons. The number of unbranched alkanes of at least 4 members (excludes halogenated alkanes) is 2. The van der Waals surface area contributed by atoms with Gasteiger partial charge in [-0.05, 0) is 73.5 Å². The molecule has 1 fully saturated rings. The van der Waals surface area contributed by atoms with Crippen LogP contribution in [0.2, 0.25) is 0 Å². The van der Waals surface area contributed by atoms with E-state index in [1.54, 1.807) is 0 Å². The average molecular weight is 493 g/mol. The van der Waals surface area contributed by atoms with Gasteiger partial charge in [0.1, 0.15) is 18.5 Å². The van der Waals surface area contributed by atoms with Gasteiger partial charge in [-0.15, -0.1) is 0 Å². The van der Waals surface area contributed by atoms with Crippen LogP contribution in [0.25, 0.3) is 0 Å². The lowest BCUT2D eigenvalue weighted by molar-refractivity contribution is -0.157. The second-order valence-electron chi connectivity index (χ2n) is 9.84. The molecular weight excluding hydrogens is 452 g/mol. The van der Waals surface area contributed by atoms with Gasteiger partial charge in [-0.25, -0.2) is 9.59 Å². The van der Waals surface area contributed by atoms with Crippen LogP contribution in [-0.2, 0) is 31.9 Å². The second-order valence-corrected chi connectivity index (χ2v) is 9.84. The van der Waals surface area contributed by atoms with E-state index in [-0.39, 0.29) is 50.5 Å². The molecule has 1 aromatic carbocycles. The van der Waals surface area contributed by atoms with E-state index in [2.05, 4.69) is 13.0 Å². The van der Waals surface area contributed by atoms with Crippen molar-refractivity contribution in [1.29, 1.82) is 0 Å². The summed E-state index contributed by atoms with van der Waals surface area (Å²) in [6.45, 7) is 1.52. The number of fused-ring (bicyclic) bond motifs is 2. The maximum absolute atomic E-state index is 12.4. The first-order chi connectivity index (χ1) is 16.9. The van der Waals surface area contributed by atoms with Gasteiger partial charge in [0, 0.05) is 0 Å². The topological polar surface area (TPSA) is 123 Å². The molecule has 1 aromatic rings. The highest BCUT2D eigenvalue weighted by Gasteiger charge is 2.47. The van der Waals surface area contributed by atoms with Crippen molar-refractivity contribution in [3.8, 4) is 5.75 Å². The smallest absolute Gasteiger partial charge is 0.341 e. The monoisotopic (exact) mass is 492 g/mol. The minimum Gasteiger partial charge on any atom is -0.482 e. The number of carbonyl (C=O) groups excluding carboxylic acids is 1. The number of esters is 1. The van der Waals surface area contributed by atoms with Crippen LogP contribution in [0.4, 0.5) is 0 Å². The third-order valence-electron chi connectivity index (χ3n) is 7.38. The number of aliphatic carboxylic acids is 1. The fourth-order valence-corrected chi connectivity index (χ4v) is 5.77. The number of carboxylic acids is 1. The molecule has 2 aliphatic carbocycles. The van der Waals surface area contributed by atoms with Crippen molar-refractivity contribution in [3.63, 3.8) is 0 Å². The second kappa shape index (κ2) is 13.8. The average Bonchev–Trinajstić information content (AvgIpc) is 3.15. The van der Waals surface area contributed by atoms with Gasteiger partial charge in [0.05, 0.1) is 19.3 Å². The maximum atomic E-state index is 12.4. The molecule has 8 heteroatoms. The fraction of sp³-hybridized carbons (Fsp3) is 0.704. The van der Waals surface area contributed by atoms with Crippen molar-refractivity contribution in [3.05, 3.63) is 29.3 Å². The zero-order valence-electron chi connectivity index (χ0n) is 20.7. The van der Waals surface area contributed by atoms with E-state index in [0.29, 0.717) is 18.1 Å². The summed E-state index contributed by atoms with van der Waals surface area (Å²) < 4.78 is 16.6. The van der Waals surface area contributed by atoms with Crippen molar-refractivity contribution >= 4 is 11.9 Å². The largest absolute Gasteiger partial charge is 0.482 e. The minimum absolute atomic E-state index is 0.0901. The van der Waals surface area contributed by atoms with Gasteiger partial charge in [-0.1, -0.05) is 38.3 Å². The van der Waals surface area contributed by atoms with Crippen LogP contribution in [0.15, 0.2) is 18.2 Å². The fourth-order valence-electron chi connectivity index (χ4n) is 5.77. The molecule has 35 heavy (non-hydrogen) atoms. The van der Waals surface area contributed by atoms with Gasteiger partial charge in [-0.2, -0.15) is 0 Å². The third kappa shape index (κ3) is 7.92. The molecule has 0 radical (unpaired) electrons. The maximum Gasteiger partial charge on any atom is 0.341 e. The number of hydrogen-bond donors (Lipinski definition) is 3. The van der Waals surface area contributed by atoms with Crippen LogP contribution < -0.4 is 4.74 Å². The van der Waals surface area contributed by atoms with Gasteiger partial charge < -0.3 is 29.5 Å². The number of aliphatic hydroxyl groups is 2.